The fourth-order valence-electron chi connectivity index (χ4n) is 4.04. The maximum absolute atomic E-state index is 13.8. The molecule has 182 valence electrons. The van der Waals surface area contributed by atoms with Gasteiger partial charge < -0.3 is 13.8 Å². The molecule has 3 aromatic carbocycles. The minimum absolute atomic E-state index is 0.266. The van der Waals surface area contributed by atoms with Crippen LogP contribution >= 0.6 is 11.6 Å². The van der Waals surface area contributed by atoms with Crippen molar-refractivity contribution in [2.45, 2.75) is 4.90 Å². The maximum Gasteiger partial charge on any atom is 0.251 e. The van der Waals surface area contributed by atoms with Crippen molar-refractivity contribution < 1.29 is 17.9 Å². The van der Waals surface area contributed by atoms with Crippen LogP contribution in [0, 0.1) is 5.82 Å². The molecule has 0 radical (unpaired) electrons. The van der Waals surface area contributed by atoms with Crippen molar-refractivity contribution in [2.24, 2.45) is 7.05 Å². The third kappa shape index (κ3) is 4.38. The Balaban J connectivity index is 1.66. The van der Waals surface area contributed by atoms with Gasteiger partial charge in [-0.05, 0) is 47.3 Å². The van der Waals surface area contributed by atoms with E-state index in [1.54, 1.807) is 55.6 Å². The van der Waals surface area contributed by atoms with Crippen molar-refractivity contribution in [3.63, 3.8) is 0 Å². The lowest BCUT2D eigenvalue weighted by atomic mass is 9.98. The summed E-state index contributed by atoms with van der Waals surface area (Å²) >= 11 is 6.65. The first-order chi connectivity index (χ1) is 17.4. The summed E-state index contributed by atoms with van der Waals surface area (Å²) in [7, 11) is 1.55. The largest absolute Gasteiger partial charge is 0.496 e. The number of benzene rings is 3. The van der Waals surface area contributed by atoms with Crippen molar-refractivity contribution in [3.8, 4) is 28.1 Å². The van der Waals surface area contributed by atoms with Gasteiger partial charge in [0.1, 0.15) is 17.8 Å². The van der Waals surface area contributed by atoms with Gasteiger partial charge in [-0.25, -0.2) is 8.60 Å². The number of hydrogen-bond acceptors (Lipinski definition) is 5. The molecular weight excluding hydrogens is 505 g/mol. The van der Waals surface area contributed by atoms with E-state index < -0.39 is 11.0 Å². The van der Waals surface area contributed by atoms with Gasteiger partial charge in [0, 0.05) is 40.7 Å². The van der Waals surface area contributed by atoms with Crippen LogP contribution in [0.4, 0.5) is 10.2 Å². The first-order valence-electron chi connectivity index (χ1n) is 10.7. The number of ether oxygens (including phenoxy) is 1. The van der Waals surface area contributed by atoms with Crippen LogP contribution in [0.1, 0.15) is 0 Å². The Morgan fingerprint density at radius 2 is 1.92 bits per heavy atom. The molecule has 0 amide bonds. The molecule has 7 nitrogen and oxygen atoms in total. The number of hydrogen-bond donors (Lipinski definition) is 1. The molecule has 0 saturated carbocycles. The van der Waals surface area contributed by atoms with Gasteiger partial charge in [-0.1, -0.05) is 35.0 Å². The lowest BCUT2D eigenvalue weighted by Crippen LogP contribution is -2.18. The van der Waals surface area contributed by atoms with Crippen LogP contribution in [0.25, 0.3) is 33.2 Å². The van der Waals surface area contributed by atoms with Crippen LogP contribution in [0.3, 0.4) is 0 Å². The summed E-state index contributed by atoms with van der Waals surface area (Å²) in [4.78, 5) is 13.4. The van der Waals surface area contributed by atoms with Crippen LogP contribution in [-0.2, 0) is 18.0 Å². The molecule has 0 spiro atoms. The van der Waals surface area contributed by atoms with E-state index in [0.717, 1.165) is 5.39 Å². The first kappa shape index (κ1) is 23.8. The third-order valence-corrected chi connectivity index (χ3v) is 7.14. The Labute approximate surface area is 212 Å². The van der Waals surface area contributed by atoms with Gasteiger partial charge in [0.2, 0.25) is 0 Å². The van der Waals surface area contributed by atoms with E-state index in [4.69, 9.17) is 20.9 Å². The number of anilines is 1. The average Bonchev–Trinajstić information content (AvgIpc) is 3.37. The zero-order chi connectivity index (χ0) is 25.4. The Morgan fingerprint density at radius 1 is 1.08 bits per heavy atom. The molecule has 5 aromatic rings. The van der Waals surface area contributed by atoms with Crippen LogP contribution in [0.5, 0.6) is 5.75 Å². The van der Waals surface area contributed by atoms with Gasteiger partial charge in [-0.2, -0.15) is 0 Å². The van der Waals surface area contributed by atoms with Gasteiger partial charge in [0.05, 0.1) is 17.7 Å². The molecular formula is C26H19ClFN3O4S. The monoisotopic (exact) mass is 523 g/mol. The highest BCUT2D eigenvalue weighted by molar-refractivity contribution is 7.86. The average molecular weight is 524 g/mol. The second-order valence-corrected chi connectivity index (χ2v) is 9.56. The summed E-state index contributed by atoms with van der Waals surface area (Å²) in [5, 5.41) is 5.40. The number of halogens is 2. The molecule has 0 fully saturated rings. The number of pyridine rings is 1. The molecule has 1 atom stereocenters. The van der Waals surface area contributed by atoms with Crippen molar-refractivity contribution >= 4 is 39.2 Å². The molecule has 5 rings (SSSR count). The van der Waals surface area contributed by atoms with Gasteiger partial charge >= 0.3 is 0 Å². The zero-order valence-electron chi connectivity index (χ0n) is 19.1. The summed E-state index contributed by atoms with van der Waals surface area (Å²) in [6, 6.07) is 17.7. The Kier molecular flexibility index (Phi) is 6.34. The fourth-order valence-corrected chi connectivity index (χ4v) is 5.15. The predicted molar refractivity (Wildman–Crippen MR) is 138 cm³/mol. The smallest absolute Gasteiger partial charge is 0.251 e. The molecule has 0 saturated heterocycles. The van der Waals surface area contributed by atoms with Gasteiger partial charge in [0.15, 0.2) is 16.8 Å². The van der Waals surface area contributed by atoms with Gasteiger partial charge in [0.25, 0.3) is 5.56 Å². The standard InChI is InChI=1S/C26H19ClFN3O4S/c1-31-25(32)12-16-11-18(36(33)30-24-8-9-35-29-24)6-7-19(16)26(31)21-13-22(27)20(14-23(21)34-2)15-4-3-5-17(28)10-15/h3-14H,1-2H3,(H,29,30). The number of aromatic nitrogens is 2. The van der Waals surface area contributed by atoms with Crippen molar-refractivity contribution in [1.29, 1.82) is 0 Å². The molecule has 2 aromatic heterocycles. The van der Waals surface area contributed by atoms with E-state index in [2.05, 4.69) is 9.88 Å². The van der Waals surface area contributed by atoms with E-state index in [0.29, 0.717) is 49.3 Å². The van der Waals surface area contributed by atoms with E-state index >= 15 is 0 Å². The minimum atomic E-state index is -1.63. The molecule has 0 aliphatic heterocycles. The maximum atomic E-state index is 13.8. The lowest BCUT2D eigenvalue weighted by Gasteiger charge is -2.18. The summed E-state index contributed by atoms with van der Waals surface area (Å²) in [6.45, 7) is 0. The predicted octanol–water partition coefficient (Wildman–Crippen LogP) is 5.80. The SMILES string of the molecule is COc1cc(-c2cccc(F)c2)c(Cl)cc1-c1c2ccc(S(=O)Nc3ccon3)cc2cc(=O)n1C. The number of nitrogens with one attached hydrogen (secondary N) is 1. The van der Waals surface area contributed by atoms with Crippen LogP contribution in [-0.4, -0.2) is 21.0 Å². The second-order valence-electron chi connectivity index (χ2n) is 7.94. The van der Waals surface area contributed by atoms with Crippen LogP contribution < -0.4 is 15.0 Å². The quantitative estimate of drug-likeness (QED) is 0.304. The van der Waals surface area contributed by atoms with E-state index in [-0.39, 0.29) is 11.4 Å². The highest BCUT2D eigenvalue weighted by Gasteiger charge is 2.19. The molecule has 1 N–H and O–H groups in total. The van der Waals surface area contributed by atoms with Crippen LogP contribution in [0.2, 0.25) is 5.02 Å². The topological polar surface area (TPSA) is 86.4 Å². The van der Waals surface area contributed by atoms with Crippen molar-refractivity contribution in [2.75, 3.05) is 11.8 Å². The van der Waals surface area contributed by atoms with E-state index in [9.17, 15) is 13.4 Å². The highest BCUT2D eigenvalue weighted by Crippen LogP contribution is 2.41. The van der Waals surface area contributed by atoms with E-state index in [1.807, 2.05) is 0 Å². The zero-order valence-corrected chi connectivity index (χ0v) is 20.7. The van der Waals surface area contributed by atoms with Crippen LogP contribution in [0.15, 0.2) is 87.2 Å². The molecule has 36 heavy (non-hydrogen) atoms. The summed E-state index contributed by atoms with van der Waals surface area (Å²) in [6.07, 6.45) is 1.37. The Hall–Kier alpha value is -3.95. The Bertz CT molecular complexity index is 1690. The molecule has 0 aliphatic carbocycles. The number of nitrogens with zero attached hydrogens (tertiary/aromatic N) is 2. The number of rotatable bonds is 6. The van der Waals surface area contributed by atoms with Crippen molar-refractivity contribution in [3.05, 3.63) is 94.2 Å². The fraction of sp³-hybridized carbons (Fsp3) is 0.0769. The molecule has 2 heterocycles. The molecule has 1 unspecified atom stereocenters. The lowest BCUT2D eigenvalue weighted by molar-refractivity contribution is 0.416. The summed E-state index contributed by atoms with van der Waals surface area (Å²) in [5.74, 6) is 0.409. The molecule has 0 bridgehead atoms. The minimum Gasteiger partial charge on any atom is -0.496 e. The Morgan fingerprint density at radius 3 is 2.64 bits per heavy atom. The summed E-state index contributed by atoms with van der Waals surface area (Å²) in [5.41, 5.74) is 2.09. The second kappa shape index (κ2) is 9.60. The van der Waals surface area contributed by atoms with E-state index in [1.165, 1.54) is 36.1 Å². The summed E-state index contributed by atoms with van der Waals surface area (Å²) < 4.78 is 41.3. The molecule has 0 aliphatic rings. The number of fused-ring (bicyclic) bond motifs is 1. The van der Waals surface area contributed by atoms with Gasteiger partial charge in [-0.15, -0.1) is 0 Å². The first-order valence-corrected chi connectivity index (χ1v) is 12.2. The van der Waals surface area contributed by atoms with Crippen molar-refractivity contribution in [1.82, 2.24) is 9.72 Å². The number of methoxy groups -OCH3 is 1. The highest BCUT2D eigenvalue weighted by atomic mass is 35.5. The molecule has 10 heteroatoms. The third-order valence-electron chi connectivity index (χ3n) is 5.75. The van der Waals surface area contributed by atoms with Gasteiger partial charge in [-0.3, -0.25) is 9.52 Å². The normalized spacial score (nSPS) is 12.0.